The van der Waals surface area contributed by atoms with Crippen LogP contribution >= 0.6 is 0 Å². The molecular weight excluding hydrogens is 246 g/mol. The number of aryl methyl sites for hydroxylation is 2. The summed E-state index contributed by atoms with van der Waals surface area (Å²) >= 11 is 0. The van der Waals surface area contributed by atoms with E-state index in [4.69, 9.17) is 0 Å². The van der Waals surface area contributed by atoms with E-state index in [0.29, 0.717) is 0 Å². The van der Waals surface area contributed by atoms with E-state index in [1.54, 1.807) is 0 Å². The molecule has 0 aliphatic carbocycles. The molecule has 0 unspecified atom stereocenters. The number of fused-ring (bicyclic) bond motifs is 1. The predicted molar refractivity (Wildman–Crippen MR) is 84.1 cm³/mol. The highest BCUT2D eigenvalue weighted by Crippen LogP contribution is 2.16. The zero-order chi connectivity index (χ0) is 13.8. The van der Waals surface area contributed by atoms with Gasteiger partial charge in [0.2, 0.25) is 0 Å². The first kappa shape index (κ1) is 13.5. The molecule has 3 heteroatoms. The fourth-order valence-corrected chi connectivity index (χ4v) is 2.89. The summed E-state index contributed by atoms with van der Waals surface area (Å²) in [4.78, 5) is 7.02. The number of aromatic nitrogens is 1. The topological polar surface area (TPSA) is 28.2 Å². The molecule has 1 N–H and O–H groups in total. The summed E-state index contributed by atoms with van der Waals surface area (Å²) in [5.41, 5.74) is 3.76. The Kier molecular flexibility index (Phi) is 4.28. The predicted octanol–water partition coefficient (Wildman–Crippen LogP) is 2.38. The summed E-state index contributed by atoms with van der Waals surface area (Å²) in [7, 11) is 0. The molecule has 2 heterocycles. The minimum absolute atomic E-state index is 1.10. The van der Waals surface area contributed by atoms with Gasteiger partial charge in [-0.15, -0.1) is 0 Å². The van der Waals surface area contributed by atoms with E-state index >= 15 is 0 Å². The summed E-state index contributed by atoms with van der Waals surface area (Å²) in [5, 5.41) is 4.67. The first-order valence-corrected chi connectivity index (χ1v) is 7.60. The van der Waals surface area contributed by atoms with E-state index in [0.717, 1.165) is 25.0 Å². The van der Waals surface area contributed by atoms with Crippen molar-refractivity contribution in [3.63, 3.8) is 0 Å². The molecular formula is C17H23N3. The largest absolute Gasteiger partial charge is 0.314 e. The number of hydrogen-bond donors (Lipinski definition) is 1. The fraction of sp³-hybridized carbons (Fsp3) is 0.471. The maximum atomic E-state index is 4.46. The van der Waals surface area contributed by atoms with Crippen molar-refractivity contribution in [1.29, 1.82) is 0 Å². The molecule has 1 fully saturated rings. The van der Waals surface area contributed by atoms with Gasteiger partial charge in [0, 0.05) is 37.8 Å². The van der Waals surface area contributed by atoms with Crippen molar-refractivity contribution in [1.82, 2.24) is 15.2 Å². The van der Waals surface area contributed by atoms with Crippen LogP contribution in [-0.4, -0.2) is 42.6 Å². The van der Waals surface area contributed by atoms with E-state index in [-0.39, 0.29) is 0 Å². The first-order valence-electron chi connectivity index (χ1n) is 7.60. The van der Waals surface area contributed by atoms with Crippen LogP contribution in [0.3, 0.4) is 0 Å². The number of benzene rings is 1. The molecule has 1 aromatic carbocycles. The minimum atomic E-state index is 1.10. The van der Waals surface area contributed by atoms with Crippen molar-refractivity contribution in [2.45, 2.75) is 19.8 Å². The van der Waals surface area contributed by atoms with Crippen LogP contribution in [0.1, 0.15) is 17.5 Å². The second-order valence-corrected chi connectivity index (χ2v) is 5.73. The molecule has 0 amide bonds. The third-order valence-corrected chi connectivity index (χ3v) is 4.03. The average molecular weight is 269 g/mol. The normalized spacial score (nSPS) is 16.6. The van der Waals surface area contributed by atoms with E-state index in [1.807, 2.05) is 6.20 Å². The van der Waals surface area contributed by atoms with Gasteiger partial charge in [-0.05, 0) is 55.6 Å². The Balaban J connectivity index is 1.59. The highest BCUT2D eigenvalue weighted by Gasteiger charge is 2.08. The van der Waals surface area contributed by atoms with E-state index in [1.165, 1.54) is 42.6 Å². The van der Waals surface area contributed by atoms with Gasteiger partial charge in [0.05, 0.1) is 5.52 Å². The maximum Gasteiger partial charge on any atom is 0.0702 e. The van der Waals surface area contributed by atoms with Gasteiger partial charge in [0.1, 0.15) is 0 Å². The van der Waals surface area contributed by atoms with Crippen LogP contribution in [-0.2, 0) is 6.42 Å². The second kappa shape index (κ2) is 6.33. The summed E-state index contributed by atoms with van der Waals surface area (Å²) < 4.78 is 0. The lowest BCUT2D eigenvalue weighted by molar-refractivity contribution is 0.238. The van der Waals surface area contributed by atoms with Crippen molar-refractivity contribution in [2.75, 3.05) is 32.7 Å². The second-order valence-electron chi connectivity index (χ2n) is 5.73. The molecule has 3 rings (SSSR count). The van der Waals surface area contributed by atoms with Crippen LogP contribution in [0.4, 0.5) is 0 Å². The van der Waals surface area contributed by atoms with Crippen LogP contribution in [0.5, 0.6) is 0 Å². The van der Waals surface area contributed by atoms with Crippen LogP contribution in [0, 0.1) is 6.92 Å². The molecule has 106 valence electrons. The molecule has 0 radical (unpaired) electrons. The van der Waals surface area contributed by atoms with Gasteiger partial charge in [-0.2, -0.15) is 0 Å². The lowest BCUT2D eigenvalue weighted by Gasteiger charge is -2.27. The minimum Gasteiger partial charge on any atom is -0.314 e. The highest BCUT2D eigenvalue weighted by atomic mass is 15.2. The van der Waals surface area contributed by atoms with E-state index in [2.05, 4.69) is 46.4 Å². The van der Waals surface area contributed by atoms with Gasteiger partial charge in [-0.25, -0.2) is 0 Å². The lowest BCUT2D eigenvalue weighted by atomic mass is 10.1. The standard InChI is InChI=1S/C17H23N3/c1-14-11-16-12-15(4-5-17(16)19-13-14)3-2-8-20-9-6-18-7-10-20/h4-5,11-13,18H,2-3,6-10H2,1H3. The molecule has 1 aliphatic heterocycles. The van der Waals surface area contributed by atoms with Crippen molar-refractivity contribution >= 4 is 10.9 Å². The van der Waals surface area contributed by atoms with Gasteiger partial charge in [-0.1, -0.05) is 6.07 Å². The van der Waals surface area contributed by atoms with E-state index < -0.39 is 0 Å². The molecule has 1 aromatic heterocycles. The van der Waals surface area contributed by atoms with Gasteiger partial charge < -0.3 is 10.2 Å². The van der Waals surface area contributed by atoms with Gasteiger partial charge in [0.15, 0.2) is 0 Å². The molecule has 20 heavy (non-hydrogen) atoms. The molecule has 0 spiro atoms. The Morgan fingerprint density at radius 2 is 2.05 bits per heavy atom. The Morgan fingerprint density at radius 3 is 2.90 bits per heavy atom. The smallest absolute Gasteiger partial charge is 0.0702 e. The number of nitrogens with zero attached hydrogens (tertiary/aromatic N) is 2. The third-order valence-electron chi connectivity index (χ3n) is 4.03. The monoisotopic (exact) mass is 269 g/mol. The van der Waals surface area contributed by atoms with Crippen molar-refractivity contribution in [3.8, 4) is 0 Å². The SMILES string of the molecule is Cc1cnc2ccc(CCCN3CCNCC3)cc2c1. The Morgan fingerprint density at radius 1 is 1.20 bits per heavy atom. The summed E-state index contributed by atoms with van der Waals surface area (Å²) in [6.45, 7) is 7.98. The molecule has 1 saturated heterocycles. The maximum absolute atomic E-state index is 4.46. The van der Waals surface area contributed by atoms with Crippen LogP contribution in [0.15, 0.2) is 30.5 Å². The van der Waals surface area contributed by atoms with Gasteiger partial charge in [0.25, 0.3) is 0 Å². The Hall–Kier alpha value is -1.45. The number of rotatable bonds is 4. The van der Waals surface area contributed by atoms with Crippen molar-refractivity contribution in [3.05, 3.63) is 41.6 Å². The van der Waals surface area contributed by atoms with Crippen molar-refractivity contribution < 1.29 is 0 Å². The first-order chi connectivity index (χ1) is 9.81. The Bertz CT molecular complexity index is 573. The molecule has 1 aliphatic rings. The molecule has 0 atom stereocenters. The zero-order valence-corrected chi connectivity index (χ0v) is 12.2. The fourth-order valence-electron chi connectivity index (χ4n) is 2.89. The number of nitrogens with one attached hydrogen (secondary N) is 1. The molecule has 0 bridgehead atoms. The van der Waals surface area contributed by atoms with Gasteiger partial charge in [-0.3, -0.25) is 4.98 Å². The summed E-state index contributed by atoms with van der Waals surface area (Å²) in [6.07, 6.45) is 4.34. The lowest BCUT2D eigenvalue weighted by Crippen LogP contribution is -2.43. The molecule has 2 aromatic rings. The van der Waals surface area contributed by atoms with Crippen LogP contribution in [0.25, 0.3) is 10.9 Å². The highest BCUT2D eigenvalue weighted by molar-refractivity contribution is 5.79. The van der Waals surface area contributed by atoms with Crippen LogP contribution < -0.4 is 5.32 Å². The Labute approximate surface area is 121 Å². The number of pyridine rings is 1. The average Bonchev–Trinajstić information content (AvgIpc) is 2.48. The van der Waals surface area contributed by atoms with Crippen LogP contribution in [0.2, 0.25) is 0 Å². The summed E-state index contributed by atoms with van der Waals surface area (Å²) in [5.74, 6) is 0. The number of piperazine rings is 1. The molecule has 0 saturated carbocycles. The van der Waals surface area contributed by atoms with Gasteiger partial charge >= 0.3 is 0 Å². The summed E-state index contributed by atoms with van der Waals surface area (Å²) in [6, 6.07) is 8.90. The quantitative estimate of drug-likeness (QED) is 0.923. The number of hydrogen-bond acceptors (Lipinski definition) is 3. The van der Waals surface area contributed by atoms with Crippen molar-refractivity contribution in [2.24, 2.45) is 0 Å². The zero-order valence-electron chi connectivity index (χ0n) is 12.2. The van der Waals surface area contributed by atoms with E-state index in [9.17, 15) is 0 Å². The molecule has 3 nitrogen and oxygen atoms in total. The third kappa shape index (κ3) is 3.35.